The smallest absolute Gasteiger partial charge is 0.304 e. The van der Waals surface area contributed by atoms with E-state index in [-0.39, 0.29) is 18.9 Å². The van der Waals surface area contributed by atoms with Crippen molar-refractivity contribution < 1.29 is 19.4 Å². The molecule has 0 radical (unpaired) electrons. The van der Waals surface area contributed by atoms with Crippen LogP contribution in [-0.4, -0.2) is 61.3 Å². The van der Waals surface area contributed by atoms with E-state index < -0.39 is 5.97 Å². The molecular formula is C15H28N2O4. The number of hydrogen-bond acceptors (Lipinski definition) is 4. The van der Waals surface area contributed by atoms with E-state index in [1.807, 2.05) is 0 Å². The monoisotopic (exact) mass is 300 g/mol. The molecule has 1 aliphatic rings. The average Bonchev–Trinajstić information content (AvgIpc) is 2.46. The molecule has 0 heterocycles. The van der Waals surface area contributed by atoms with Gasteiger partial charge in [-0.15, -0.1) is 0 Å². The van der Waals surface area contributed by atoms with Crippen LogP contribution in [0.15, 0.2) is 0 Å². The second-order valence-corrected chi connectivity index (χ2v) is 5.72. The van der Waals surface area contributed by atoms with Crippen LogP contribution in [0, 0.1) is 0 Å². The molecule has 0 aliphatic heterocycles. The molecule has 6 heteroatoms. The number of hydrogen-bond donors (Lipinski definition) is 2. The van der Waals surface area contributed by atoms with Crippen LogP contribution in [0.5, 0.6) is 0 Å². The number of ether oxygens (including phenoxy) is 1. The first-order valence-corrected chi connectivity index (χ1v) is 7.86. The van der Waals surface area contributed by atoms with Gasteiger partial charge < -0.3 is 15.2 Å². The summed E-state index contributed by atoms with van der Waals surface area (Å²) in [7, 11) is 1.74. The molecule has 122 valence electrons. The van der Waals surface area contributed by atoms with Crippen LogP contribution in [0.3, 0.4) is 0 Å². The summed E-state index contributed by atoms with van der Waals surface area (Å²) in [6, 6.07) is 0. The summed E-state index contributed by atoms with van der Waals surface area (Å²) in [5.74, 6) is -0.914. The van der Waals surface area contributed by atoms with Gasteiger partial charge in [0.2, 0.25) is 5.91 Å². The van der Waals surface area contributed by atoms with Gasteiger partial charge in [-0.05, 0) is 26.3 Å². The highest BCUT2D eigenvalue weighted by molar-refractivity contribution is 5.78. The number of likely N-dealkylation sites (N-methyl/N-ethyl adjacent to an activating group) is 1. The normalized spacial score (nSPS) is 16.1. The highest BCUT2D eigenvalue weighted by atomic mass is 16.5. The number of rotatable bonds is 10. The molecule has 2 N–H and O–H groups in total. The van der Waals surface area contributed by atoms with Gasteiger partial charge in [-0.2, -0.15) is 0 Å². The predicted molar refractivity (Wildman–Crippen MR) is 80.2 cm³/mol. The Bertz CT molecular complexity index is 317. The number of nitrogens with one attached hydrogen (secondary N) is 1. The second kappa shape index (κ2) is 10.6. The van der Waals surface area contributed by atoms with Gasteiger partial charge in [-0.25, -0.2) is 0 Å². The number of carboxylic acid groups (broad SMARTS) is 1. The van der Waals surface area contributed by atoms with E-state index >= 15 is 0 Å². The molecule has 0 aromatic heterocycles. The zero-order valence-electron chi connectivity index (χ0n) is 13.0. The summed E-state index contributed by atoms with van der Waals surface area (Å²) in [4.78, 5) is 23.8. The van der Waals surface area contributed by atoms with Crippen molar-refractivity contribution in [3.8, 4) is 0 Å². The fourth-order valence-electron chi connectivity index (χ4n) is 2.45. The van der Waals surface area contributed by atoms with Crippen molar-refractivity contribution in [3.05, 3.63) is 0 Å². The topological polar surface area (TPSA) is 78.9 Å². The quantitative estimate of drug-likeness (QED) is 0.594. The van der Waals surface area contributed by atoms with E-state index in [9.17, 15) is 9.59 Å². The molecule has 1 amide bonds. The molecule has 0 aromatic rings. The summed E-state index contributed by atoms with van der Waals surface area (Å²) in [6.07, 6.45) is 7.48. The largest absolute Gasteiger partial charge is 0.481 e. The van der Waals surface area contributed by atoms with Gasteiger partial charge in [0.1, 0.15) is 0 Å². The summed E-state index contributed by atoms with van der Waals surface area (Å²) < 4.78 is 5.78. The maximum atomic E-state index is 11.6. The van der Waals surface area contributed by atoms with E-state index in [2.05, 4.69) is 5.32 Å². The summed E-state index contributed by atoms with van der Waals surface area (Å²) >= 11 is 0. The fourth-order valence-corrected chi connectivity index (χ4v) is 2.45. The molecule has 0 unspecified atom stereocenters. The Morgan fingerprint density at radius 2 is 2.00 bits per heavy atom. The van der Waals surface area contributed by atoms with Gasteiger partial charge in [0.05, 0.1) is 19.1 Å². The van der Waals surface area contributed by atoms with Crippen molar-refractivity contribution in [1.82, 2.24) is 10.2 Å². The maximum absolute atomic E-state index is 11.6. The molecule has 1 saturated carbocycles. The Hall–Kier alpha value is -1.14. The van der Waals surface area contributed by atoms with Gasteiger partial charge in [-0.1, -0.05) is 19.3 Å². The van der Waals surface area contributed by atoms with E-state index in [1.165, 1.54) is 32.1 Å². The molecule has 0 bridgehead atoms. The van der Waals surface area contributed by atoms with Gasteiger partial charge in [0, 0.05) is 19.7 Å². The number of nitrogens with zero attached hydrogens (tertiary/aromatic N) is 1. The molecule has 0 atom stereocenters. The summed E-state index contributed by atoms with van der Waals surface area (Å²) in [6.45, 7) is 1.92. The highest BCUT2D eigenvalue weighted by Crippen LogP contribution is 2.20. The molecule has 1 aliphatic carbocycles. The zero-order valence-corrected chi connectivity index (χ0v) is 13.0. The molecule has 21 heavy (non-hydrogen) atoms. The van der Waals surface area contributed by atoms with E-state index in [4.69, 9.17) is 9.84 Å². The van der Waals surface area contributed by atoms with Crippen molar-refractivity contribution in [3.63, 3.8) is 0 Å². The molecule has 0 aromatic carbocycles. The van der Waals surface area contributed by atoms with E-state index in [0.717, 1.165) is 6.42 Å². The van der Waals surface area contributed by atoms with Gasteiger partial charge in [0.15, 0.2) is 0 Å². The van der Waals surface area contributed by atoms with Crippen LogP contribution in [0.25, 0.3) is 0 Å². The first-order chi connectivity index (χ1) is 10.1. The zero-order chi connectivity index (χ0) is 15.5. The van der Waals surface area contributed by atoms with Gasteiger partial charge in [-0.3, -0.25) is 14.5 Å². The molecule has 0 spiro atoms. The van der Waals surface area contributed by atoms with E-state index in [0.29, 0.717) is 25.8 Å². The minimum atomic E-state index is -0.845. The van der Waals surface area contributed by atoms with Crippen LogP contribution >= 0.6 is 0 Å². The van der Waals surface area contributed by atoms with E-state index in [1.54, 1.807) is 11.9 Å². The lowest BCUT2D eigenvalue weighted by molar-refractivity contribution is -0.137. The van der Waals surface area contributed by atoms with Gasteiger partial charge >= 0.3 is 5.97 Å². The number of aliphatic carboxylic acids is 1. The summed E-state index contributed by atoms with van der Waals surface area (Å²) in [5, 5.41) is 11.4. The third-order valence-corrected chi connectivity index (χ3v) is 3.67. The van der Waals surface area contributed by atoms with Crippen molar-refractivity contribution in [2.75, 3.05) is 33.3 Å². The Morgan fingerprint density at radius 1 is 1.29 bits per heavy atom. The average molecular weight is 300 g/mol. The summed E-state index contributed by atoms with van der Waals surface area (Å²) in [5.41, 5.74) is 0. The third-order valence-electron chi connectivity index (χ3n) is 3.67. The number of amides is 1. The van der Waals surface area contributed by atoms with Crippen molar-refractivity contribution >= 4 is 11.9 Å². The minimum absolute atomic E-state index is 0.0546. The lowest BCUT2D eigenvalue weighted by Crippen LogP contribution is -2.36. The van der Waals surface area contributed by atoms with Crippen LogP contribution in [0.2, 0.25) is 0 Å². The molecule has 1 fully saturated rings. The van der Waals surface area contributed by atoms with Crippen LogP contribution in [-0.2, 0) is 14.3 Å². The van der Waals surface area contributed by atoms with Crippen molar-refractivity contribution in [2.45, 2.75) is 51.0 Å². The Balaban J connectivity index is 1.96. The first kappa shape index (κ1) is 17.9. The third kappa shape index (κ3) is 9.42. The van der Waals surface area contributed by atoms with Crippen molar-refractivity contribution in [1.29, 1.82) is 0 Å². The number of carboxylic acids is 1. The second-order valence-electron chi connectivity index (χ2n) is 5.72. The first-order valence-electron chi connectivity index (χ1n) is 7.86. The predicted octanol–water partition coefficient (Wildman–Crippen LogP) is 1.25. The molecule has 1 rings (SSSR count). The van der Waals surface area contributed by atoms with Crippen LogP contribution in [0.4, 0.5) is 0 Å². The van der Waals surface area contributed by atoms with Gasteiger partial charge in [0.25, 0.3) is 0 Å². The number of carbonyl (C=O) groups is 2. The Labute approximate surface area is 126 Å². The minimum Gasteiger partial charge on any atom is -0.481 e. The Morgan fingerprint density at radius 3 is 2.67 bits per heavy atom. The maximum Gasteiger partial charge on any atom is 0.304 e. The SMILES string of the molecule is CN(CCC(=O)O)CC(=O)NCCCOC1CCCCC1. The highest BCUT2D eigenvalue weighted by Gasteiger charge is 2.13. The standard InChI is InChI=1S/C15H28N2O4/c1-17(10-8-15(19)20)12-14(18)16-9-5-11-21-13-6-3-2-4-7-13/h13H,2-12H2,1H3,(H,16,18)(H,19,20). The Kier molecular flexibility index (Phi) is 9.01. The lowest BCUT2D eigenvalue weighted by Gasteiger charge is -2.22. The van der Waals surface area contributed by atoms with Crippen LogP contribution in [0.1, 0.15) is 44.9 Å². The van der Waals surface area contributed by atoms with Crippen LogP contribution < -0.4 is 5.32 Å². The van der Waals surface area contributed by atoms with Crippen molar-refractivity contribution in [2.24, 2.45) is 0 Å². The molecule has 6 nitrogen and oxygen atoms in total. The molecular weight excluding hydrogens is 272 g/mol. The molecule has 0 saturated heterocycles. The fraction of sp³-hybridized carbons (Fsp3) is 0.867. The number of carbonyl (C=O) groups excluding carboxylic acids is 1. The lowest BCUT2D eigenvalue weighted by atomic mass is 9.98.